The number of carbonyl (C=O) groups is 2. The number of benzene rings is 2. The topological polar surface area (TPSA) is 71.3 Å². The number of anilines is 2. The fraction of sp³-hybridized carbons (Fsp3) is 0.0526. The molecule has 0 saturated carbocycles. The highest BCUT2D eigenvalue weighted by molar-refractivity contribution is 6.34. The van der Waals surface area contributed by atoms with E-state index in [9.17, 15) is 9.59 Å². The van der Waals surface area contributed by atoms with E-state index in [1.807, 2.05) is 6.92 Å². The highest BCUT2D eigenvalue weighted by atomic mass is 35.5. The molecule has 0 atom stereocenters. The second-order valence-electron chi connectivity index (χ2n) is 5.40. The maximum Gasteiger partial charge on any atom is 0.291 e. The summed E-state index contributed by atoms with van der Waals surface area (Å²) in [6, 6.07) is 15.3. The molecule has 0 aliphatic heterocycles. The minimum Gasteiger partial charge on any atom is -0.459 e. The van der Waals surface area contributed by atoms with Crippen molar-refractivity contribution in [2.45, 2.75) is 6.92 Å². The van der Waals surface area contributed by atoms with E-state index in [1.165, 1.54) is 6.26 Å². The molecule has 0 fully saturated rings. The molecule has 1 aromatic heterocycles. The molecule has 5 nitrogen and oxygen atoms in total. The van der Waals surface area contributed by atoms with Crippen molar-refractivity contribution in [3.63, 3.8) is 0 Å². The van der Waals surface area contributed by atoms with Crippen molar-refractivity contribution >= 4 is 34.8 Å². The van der Waals surface area contributed by atoms with Crippen molar-refractivity contribution in [3.05, 3.63) is 82.8 Å². The molecule has 2 amide bonds. The molecule has 0 spiro atoms. The third-order valence-electron chi connectivity index (χ3n) is 3.60. The van der Waals surface area contributed by atoms with Crippen LogP contribution >= 0.6 is 11.6 Å². The molecule has 3 rings (SSSR count). The molecular formula is C19H15ClN2O3. The zero-order chi connectivity index (χ0) is 17.8. The highest BCUT2D eigenvalue weighted by Crippen LogP contribution is 2.22. The maximum absolute atomic E-state index is 12.3. The van der Waals surface area contributed by atoms with E-state index in [2.05, 4.69) is 10.6 Å². The summed E-state index contributed by atoms with van der Waals surface area (Å²) < 4.78 is 5.05. The summed E-state index contributed by atoms with van der Waals surface area (Å²) in [5.41, 5.74) is 2.45. The number of carbonyl (C=O) groups excluding carboxylic acids is 2. The third-order valence-corrected chi connectivity index (χ3v) is 3.93. The van der Waals surface area contributed by atoms with E-state index in [-0.39, 0.29) is 17.6 Å². The molecule has 6 heteroatoms. The number of hydrogen-bond acceptors (Lipinski definition) is 3. The Morgan fingerprint density at radius 2 is 1.76 bits per heavy atom. The van der Waals surface area contributed by atoms with Crippen molar-refractivity contribution in [2.24, 2.45) is 0 Å². The first-order valence-electron chi connectivity index (χ1n) is 7.56. The molecule has 2 N–H and O–H groups in total. The van der Waals surface area contributed by atoms with Crippen LogP contribution in [0.1, 0.15) is 26.5 Å². The number of rotatable bonds is 4. The summed E-state index contributed by atoms with van der Waals surface area (Å²) in [5, 5.41) is 5.95. The number of furan rings is 1. The van der Waals surface area contributed by atoms with Crippen LogP contribution in [-0.2, 0) is 0 Å². The van der Waals surface area contributed by atoms with Gasteiger partial charge in [0.05, 0.1) is 16.8 Å². The van der Waals surface area contributed by atoms with Gasteiger partial charge >= 0.3 is 0 Å². The third kappa shape index (κ3) is 3.89. The predicted octanol–water partition coefficient (Wildman–Crippen LogP) is 4.75. The molecule has 0 radical (unpaired) electrons. The van der Waals surface area contributed by atoms with Gasteiger partial charge < -0.3 is 15.1 Å². The highest BCUT2D eigenvalue weighted by Gasteiger charge is 2.12. The summed E-state index contributed by atoms with van der Waals surface area (Å²) >= 11 is 6.04. The van der Waals surface area contributed by atoms with Crippen LogP contribution in [0.2, 0.25) is 5.02 Å². The quantitative estimate of drug-likeness (QED) is 0.710. The number of nitrogens with one attached hydrogen (secondary N) is 2. The summed E-state index contributed by atoms with van der Waals surface area (Å²) in [6.07, 6.45) is 1.44. The first kappa shape index (κ1) is 16.8. The first-order chi connectivity index (χ1) is 12.0. The Morgan fingerprint density at radius 1 is 0.960 bits per heavy atom. The van der Waals surface area contributed by atoms with Gasteiger partial charge in [-0.05, 0) is 55.0 Å². The van der Waals surface area contributed by atoms with Crippen LogP contribution in [0.4, 0.5) is 11.4 Å². The van der Waals surface area contributed by atoms with Crippen LogP contribution in [-0.4, -0.2) is 11.8 Å². The van der Waals surface area contributed by atoms with E-state index in [0.29, 0.717) is 22.0 Å². The minimum absolute atomic E-state index is 0.230. The lowest BCUT2D eigenvalue weighted by molar-refractivity contribution is 0.0994. The lowest BCUT2D eigenvalue weighted by Gasteiger charge is -2.11. The second kappa shape index (κ2) is 7.23. The SMILES string of the molecule is Cc1cc(NC(=O)c2ccco2)ccc1NC(=O)c1ccccc1Cl. The van der Waals surface area contributed by atoms with Crippen molar-refractivity contribution < 1.29 is 14.0 Å². The van der Waals surface area contributed by atoms with Gasteiger partial charge in [0.1, 0.15) is 0 Å². The lowest BCUT2D eigenvalue weighted by atomic mass is 10.1. The van der Waals surface area contributed by atoms with Gasteiger partial charge in [0.2, 0.25) is 0 Å². The standard InChI is InChI=1S/C19H15ClN2O3/c1-12-11-13(21-19(24)17-7-4-10-25-17)8-9-16(12)22-18(23)14-5-2-3-6-15(14)20/h2-11H,1H3,(H,21,24)(H,22,23). The zero-order valence-corrected chi connectivity index (χ0v) is 14.1. The summed E-state index contributed by atoms with van der Waals surface area (Å²) in [7, 11) is 0. The average molecular weight is 355 g/mol. The molecule has 0 unspecified atom stereocenters. The first-order valence-corrected chi connectivity index (χ1v) is 7.94. The Bertz CT molecular complexity index is 920. The zero-order valence-electron chi connectivity index (χ0n) is 13.4. The molecule has 2 aromatic carbocycles. The molecular weight excluding hydrogens is 340 g/mol. The molecule has 3 aromatic rings. The van der Waals surface area contributed by atoms with Gasteiger partial charge in [0.25, 0.3) is 11.8 Å². The lowest BCUT2D eigenvalue weighted by Crippen LogP contribution is -2.14. The smallest absolute Gasteiger partial charge is 0.291 e. The maximum atomic E-state index is 12.3. The summed E-state index contributed by atoms with van der Waals surface area (Å²) in [6.45, 7) is 1.84. The van der Waals surface area contributed by atoms with Crippen molar-refractivity contribution in [1.82, 2.24) is 0 Å². The van der Waals surface area contributed by atoms with Gasteiger partial charge in [0, 0.05) is 11.4 Å². The van der Waals surface area contributed by atoms with Crippen molar-refractivity contribution in [1.29, 1.82) is 0 Å². The van der Waals surface area contributed by atoms with E-state index in [4.69, 9.17) is 16.0 Å². The van der Waals surface area contributed by atoms with Crippen LogP contribution < -0.4 is 10.6 Å². The molecule has 25 heavy (non-hydrogen) atoms. The van der Waals surface area contributed by atoms with Crippen LogP contribution in [0.5, 0.6) is 0 Å². The van der Waals surface area contributed by atoms with E-state index in [0.717, 1.165) is 5.56 Å². The number of aryl methyl sites for hydroxylation is 1. The van der Waals surface area contributed by atoms with Gasteiger partial charge in [-0.25, -0.2) is 0 Å². The molecule has 126 valence electrons. The van der Waals surface area contributed by atoms with Crippen LogP contribution in [0.3, 0.4) is 0 Å². The average Bonchev–Trinajstić information content (AvgIpc) is 3.12. The Hall–Kier alpha value is -3.05. The van der Waals surface area contributed by atoms with Gasteiger partial charge in [-0.2, -0.15) is 0 Å². The second-order valence-corrected chi connectivity index (χ2v) is 5.80. The van der Waals surface area contributed by atoms with E-state index in [1.54, 1.807) is 54.6 Å². The number of hydrogen-bond donors (Lipinski definition) is 2. The van der Waals surface area contributed by atoms with Crippen molar-refractivity contribution in [3.8, 4) is 0 Å². The number of halogens is 1. The molecule has 0 saturated heterocycles. The Labute approximate surface area is 149 Å². The van der Waals surface area contributed by atoms with E-state index < -0.39 is 0 Å². The number of amides is 2. The summed E-state index contributed by atoms with van der Waals surface area (Å²) in [5.74, 6) is -0.396. The van der Waals surface area contributed by atoms with Gasteiger partial charge in [-0.1, -0.05) is 23.7 Å². The summed E-state index contributed by atoms with van der Waals surface area (Å²) in [4.78, 5) is 24.3. The van der Waals surface area contributed by atoms with Crippen LogP contribution in [0, 0.1) is 6.92 Å². The van der Waals surface area contributed by atoms with Crippen molar-refractivity contribution in [2.75, 3.05) is 10.6 Å². The van der Waals surface area contributed by atoms with Gasteiger partial charge in [-0.3, -0.25) is 9.59 Å². The van der Waals surface area contributed by atoms with Crippen LogP contribution in [0.15, 0.2) is 65.3 Å². The Kier molecular flexibility index (Phi) is 4.86. The molecule has 0 bridgehead atoms. The van der Waals surface area contributed by atoms with Gasteiger partial charge in [-0.15, -0.1) is 0 Å². The van der Waals surface area contributed by atoms with Crippen LogP contribution in [0.25, 0.3) is 0 Å². The Morgan fingerprint density at radius 3 is 2.44 bits per heavy atom. The fourth-order valence-corrected chi connectivity index (χ4v) is 2.54. The molecule has 0 aliphatic rings. The van der Waals surface area contributed by atoms with Gasteiger partial charge in [0.15, 0.2) is 5.76 Å². The monoisotopic (exact) mass is 354 g/mol. The largest absolute Gasteiger partial charge is 0.459 e. The fourth-order valence-electron chi connectivity index (χ4n) is 2.32. The molecule has 0 aliphatic carbocycles. The predicted molar refractivity (Wildman–Crippen MR) is 97.2 cm³/mol. The van der Waals surface area contributed by atoms with E-state index >= 15 is 0 Å². The Balaban J connectivity index is 1.73. The normalized spacial score (nSPS) is 10.3. The minimum atomic E-state index is -0.336. The molecule has 1 heterocycles.